The smallest absolute Gasteiger partial charge is 0.255 e. The van der Waals surface area contributed by atoms with Crippen LogP contribution in [0.15, 0.2) is 36.7 Å². The lowest BCUT2D eigenvalue weighted by Gasteiger charge is -2.36. The molecule has 0 atom stereocenters. The number of amides is 1. The van der Waals surface area contributed by atoms with Crippen molar-refractivity contribution in [3.05, 3.63) is 47.2 Å². The second kappa shape index (κ2) is 8.13. The number of anilines is 2. The van der Waals surface area contributed by atoms with Gasteiger partial charge in [-0.3, -0.25) is 4.79 Å². The highest BCUT2D eigenvalue weighted by molar-refractivity contribution is 6.33. The number of pyridine rings is 2. The second-order valence-corrected chi connectivity index (χ2v) is 7.45. The molecule has 2 fully saturated rings. The Hall–Kier alpha value is -2.34. The summed E-state index contributed by atoms with van der Waals surface area (Å²) < 4.78 is 0. The van der Waals surface area contributed by atoms with Crippen LogP contribution in [0.3, 0.4) is 0 Å². The third-order valence-electron chi connectivity index (χ3n) is 5.26. The highest BCUT2D eigenvalue weighted by Crippen LogP contribution is 2.27. The minimum Gasteiger partial charge on any atom is -0.353 e. The molecule has 4 heterocycles. The molecule has 0 unspecified atom stereocenters. The fraction of sp³-hybridized carbons (Fsp3) is 0.450. The number of piperazine rings is 1. The molecule has 1 amide bonds. The van der Waals surface area contributed by atoms with Gasteiger partial charge in [0.05, 0.1) is 10.6 Å². The SMILES string of the molecule is O=C(c1cnc(N2CCN(c3ccccn3)CC2)c(Cl)c1)N1CCCCC1. The number of carbonyl (C=O) groups is 1. The van der Waals surface area contributed by atoms with Crippen molar-refractivity contribution in [3.63, 3.8) is 0 Å². The van der Waals surface area contributed by atoms with E-state index in [-0.39, 0.29) is 5.91 Å². The Morgan fingerprint density at radius 3 is 2.33 bits per heavy atom. The molecule has 2 saturated heterocycles. The summed E-state index contributed by atoms with van der Waals surface area (Å²) in [5.74, 6) is 1.79. The number of rotatable bonds is 3. The number of nitrogens with zero attached hydrogens (tertiary/aromatic N) is 5. The Balaban J connectivity index is 1.42. The monoisotopic (exact) mass is 385 g/mol. The molecule has 27 heavy (non-hydrogen) atoms. The molecule has 2 aromatic heterocycles. The molecule has 7 heteroatoms. The fourth-order valence-corrected chi connectivity index (χ4v) is 4.03. The Morgan fingerprint density at radius 1 is 0.926 bits per heavy atom. The zero-order valence-corrected chi connectivity index (χ0v) is 16.1. The average molecular weight is 386 g/mol. The van der Waals surface area contributed by atoms with Crippen LogP contribution in [0.4, 0.5) is 11.6 Å². The van der Waals surface area contributed by atoms with E-state index in [2.05, 4.69) is 19.8 Å². The first-order valence-corrected chi connectivity index (χ1v) is 9.96. The van der Waals surface area contributed by atoms with E-state index < -0.39 is 0 Å². The minimum absolute atomic E-state index is 0.0376. The molecular weight excluding hydrogens is 362 g/mol. The van der Waals surface area contributed by atoms with Gasteiger partial charge in [-0.25, -0.2) is 9.97 Å². The molecule has 0 aliphatic carbocycles. The van der Waals surface area contributed by atoms with E-state index in [9.17, 15) is 4.79 Å². The van der Waals surface area contributed by atoms with E-state index in [1.54, 1.807) is 12.3 Å². The molecule has 6 nitrogen and oxygen atoms in total. The van der Waals surface area contributed by atoms with Gasteiger partial charge in [0.1, 0.15) is 11.6 Å². The summed E-state index contributed by atoms with van der Waals surface area (Å²) in [6.45, 7) is 5.03. The van der Waals surface area contributed by atoms with E-state index in [4.69, 9.17) is 11.6 Å². The molecule has 4 rings (SSSR count). The van der Waals surface area contributed by atoms with Gasteiger partial charge in [0.15, 0.2) is 0 Å². The topological polar surface area (TPSA) is 52.6 Å². The molecule has 0 radical (unpaired) electrons. The van der Waals surface area contributed by atoms with Crippen LogP contribution in [0.25, 0.3) is 0 Å². The highest BCUT2D eigenvalue weighted by atomic mass is 35.5. The number of likely N-dealkylation sites (tertiary alicyclic amines) is 1. The molecule has 0 saturated carbocycles. The summed E-state index contributed by atoms with van der Waals surface area (Å²) in [6.07, 6.45) is 6.84. The first kappa shape index (κ1) is 18.0. The van der Waals surface area contributed by atoms with E-state index in [1.807, 2.05) is 29.3 Å². The largest absolute Gasteiger partial charge is 0.353 e. The maximum absolute atomic E-state index is 12.6. The molecule has 0 spiro atoms. The van der Waals surface area contributed by atoms with Crippen LogP contribution in [-0.2, 0) is 0 Å². The van der Waals surface area contributed by atoms with Crippen LogP contribution in [0.5, 0.6) is 0 Å². The molecule has 2 aliphatic heterocycles. The van der Waals surface area contributed by atoms with Crippen molar-refractivity contribution >= 4 is 29.1 Å². The van der Waals surface area contributed by atoms with E-state index in [0.717, 1.165) is 63.7 Å². The predicted molar refractivity (Wildman–Crippen MR) is 108 cm³/mol. The second-order valence-electron chi connectivity index (χ2n) is 7.04. The van der Waals surface area contributed by atoms with E-state index >= 15 is 0 Å². The first-order valence-electron chi connectivity index (χ1n) is 9.58. The lowest BCUT2D eigenvalue weighted by Crippen LogP contribution is -2.47. The summed E-state index contributed by atoms with van der Waals surface area (Å²) in [7, 11) is 0. The molecule has 142 valence electrons. The third kappa shape index (κ3) is 4.00. The minimum atomic E-state index is 0.0376. The van der Waals surface area contributed by atoms with Gasteiger partial charge in [-0.1, -0.05) is 17.7 Å². The van der Waals surface area contributed by atoms with Crippen molar-refractivity contribution < 1.29 is 4.79 Å². The number of aromatic nitrogens is 2. The fourth-order valence-electron chi connectivity index (χ4n) is 3.75. The number of halogens is 1. The van der Waals surface area contributed by atoms with Crippen molar-refractivity contribution in [1.82, 2.24) is 14.9 Å². The first-order chi connectivity index (χ1) is 13.2. The lowest BCUT2D eigenvalue weighted by molar-refractivity contribution is 0.0724. The van der Waals surface area contributed by atoms with Gasteiger partial charge >= 0.3 is 0 Å². The van der Waals surface area contributed by atoms with Crippen LogP contribution in [-0.4, -0.2) is 60.0 Å². The normalized spacial score (nSPS) is 17.9. The predicted octanol–water partition coefficient (Wildman–Crippen LogP) is 3.08. The zero-order valence-electron chi connectivity index (χ0n) is 15.4. The van der Waals surface area contributed by atoms with Gasteiger partial charge in [-0.15, -0.1) is 0 Å². The lowest BCUT2D eigenvalue weighted by atomic mass is 10.1. The maximum atomic E-state index is 12.6. The number of carbonyl (C=O) groups excluding carboxylic acids is 1. The van der Waals surface area contributed by atoms with Gasteiger partial charge in [0.2, 0.25) is 0 Å². The number of hydrogen-bond donors (Lipinski definition) is 0. The molecular formula is C20H24ClN5O. The summed E-state index contributed by atoms with van der Waals surface area (Å²) in [4.78, 5) is 27.9. The standard InChI is InChI=1S/C20H24ClN5O/c21-17-14-16(20(27)26-8-4-1-5-9-26)15-23-19(17)25-12-10-24(11-13-25)18-6-2-3-7-22-18/h2-3,6-7,14-15H,1,4-5,8-13H2. The summed E-state index contributed by atoms with van der Waals surface area (Å²) >= 11 is 6.50. The Labute approximate surface area is 164 Å². The molecule has 0 N–H and O–H groups in total. The Kier molecular flexibility index (Phi) is 5.43. The van der Waals surface area contributed by atoms with Crippen molar-refractivity contribution in [2.24, 2.45) is 0 Å². The highest BCUT2D eigenvalue weighted by Gasteiger charge is 2.23. The Morgan fingerprint density at radius 2 is 1.67 bits per heavy atom. The van der Waals surface area contributed by atoms with Gasteiger partial charge in [0.25, 0.3) is 5.91 Å². The van der Waals surface area contributed by atoms with Crippen LogP contribution in [0, 0.1) is 0 Å². The Bertz CT molecular complexity index is 786. The van der Waals surface area contributed by atoms with E-state index in [1.165, 1.54) is 6.42 Å². The summed E-state index contributed by atoms with van der Waals surface area (Å²) in [5.41, 5.74) is 0.581. The zero-order chi connectivity index (χ0) is 18.6. The van der Waals surface area contributed by atoms with Gasteiger partial charge in [-0.05, 0) is 37.5 Å². The van der Waals surface area contributed by atoms with Crippen molar-refractivity contribution in [1.29, 1.82) is 0 Å². The van der Waals surface area contributed by atoms with E-state index in [0.29, 0.717) is 10.6 Å². The molecule has 0 aromatic carbocycles. The van der Waals surface area contributed by atoms with Gasteiger partial charge in [-0.2, -0.15) is 0 Å². The van der Waals surface area contributed by atoms with Gasteiger partial charge in [0, 0.05) is 51.7 Å². The van der Waals surface area contributed by atoms with Crippen molar-refractivity contribution in [2.45, 2.75) is 19.3 Å². The van der Waals surface area contributed by atoms with Crippen molar-refractivity contribution in [2.75, 3.05) is 49.1 Å². The third-order valence-corrected chi connectivity index (χ3v) is 5.54. The average Bonchev–Trinajstić information content (AvgIpc) is 2.74. The quantitative estimate of drug-likeness (QED) is 0.812. The summed E-state index contributed by atoms with van der Waals surface area (Å²) in [5, 5.41) is 0.546. The molecule has 2 aromatic rings. The van der Waals surface area contributed by atoms with Gasteiger partial charge < -0.3 is 14.7 Å². The maximum Gasteiger partial charge on any atom is 0.255 e. The van der Waals surface area contributed by atoms with Crippen LogP contribution < -0.4 is 9.80 Å². The van der Waals surface area contributed by atoms with Crippen LogP contribution >= 0.6 is 11.6 Å². The molecule has 2 aliphatic rings. The van der Waals surface area contributed by atoms with Crippen LogP contribution in [0.1, 0.15) is 29.6 Å². The van der Waals surface area contributed by atoms with Crippen molar-refractivity contribution in [3.8, 4) is 0 Å². The number of hydrogen-bond acceptors (Lipinski definition) is 5. The molecule has 0 bridgehead atoms. The number of piperidine rings is 1. The summed E-state index contributed by atoms with van der Waals surface area (Å²) in [6, 6.07) is 7.73. The van der Waals surface area contributed by atoms with Crippen LogP contribution in [0.2, 0.25) is 5.02 Å².